The standard InChI is InChI=1S/C32H39NO10/c1-13(2)14(3)18(12-34)32(40)10-17-24(21(11-32)43-22-9-19(33)27(35)15(4)42-22)31(39)26-25(29(17)37)28(36)16-7-6-8-20(41-5)23(16)30(26)38/h6-8,13,15,19,21-22,27,34-35,37,39-40H,9-12,33H2,1-5H3/b18-14-/t15-,19-,21-,22-,27-,32-/m0/s1. The molecular weight excluding hydrogens is 558 g/mol. The molecule has 1 heterocycles. The van der Waals surface area contributed by atoms with Gasteiger partial charge in [-0.05, 0) is 31.4 Å². The smallest absolute Gasteiger partial charge is 0.202 e. The highest BCUT2D eigenvalue weighted by Gasteiger charge is 2.49. The van der Waals surface area contributed by atoms with Gasteiger partial charge in [0, 0.05) is 42.0 Å². The summed E-state index contributed by atoms with van der Waals surface area (Å²) in [5.41, 5.74) is 4.65. The van der Waals surface area contributed by atoms with Crippen molar-refractivity contribution in [3.8, 4) is 17.2 Å². The fourth-order valence-corrected chi connectivity index (χ4v) is 6.61. The first-order chi connectivity index (χ1) is 20.2. The molecule has 2 aliphatic carbocycles. The number of hydrogen-bond acceptors (Lipinski definition) is 11. The summed E-state index contributed by atoms with van der Waals surface area (Å²) >= 11 is 0. The van der Waals surface area contributed by atoms with Crippen molar-refractivity contribution in [1.82, 2.24) is 0 Å². The van der Waals surface area contributed by atoms with Gasteiger partial charge in [-0.2, -0.15) is 0 Å². The van der Waals surface area contributed by atoms with E-state index in [0.717, 1.165) is 5.57 Å². The van der Waals surface area contributed by atoms with E-state index in [-0.39, 0.29) is 58.7 Å². The number of phenols is 2. The van der Waals surface area contributed by atoms with Crippen molar-refractivity contribution in [2.45, 2.75) is 83.2 Å². The Morgan fingerprint density at radius 3 is 2.42 bits per heavy atom. The zero-order chi connectivity index (χ0) is 31.5. The molecule has 6 atom stereocenters. The van der Waals surface area contributed by atoms with Gasteiger partial charge < -0.3 is 45.5 Å². The number of carbonyl (C=O) groups excluding carboxylic acids is 2. The summed E-state index contributed by atoms with van der Waals surface area (Å²) in [6, 6.07) is 3.83. The van der Waals surface area contributed by atoms with Crippen LogP contribution in [0.25, 0.3) is 0 Å². The van der Waals surface area contributed by atoms with E-state index in [4.69, 9.17) is 19.9 Å². The predicted octanol–water partition coefficient (Wildman–Crippen LogP) is 2.40. The molecule has 1 fully saturated rings. The number of ether oxygens (including phenoxy) is 3. The van der Waals surface area contributed by atoms with Gasteiger partial charge in [0.2, 0.25) is 5.78 Å². The molecule has 3 aliphatic rings. The number of aliphatic hydroxyl groups excluding tert-OH is 2. The number of ketones is 2. The lowest BCUT2D eigenvalue weighted by molar-refractivity contribution is -0.246. The second-order valence-corrected chi connectivity index (χ2v) is 12.1. The van der Waals surface area contributed by atoms with Gasteiger partial charge >= 0.3 is 0 Å². The number of phenolic OH excluding ortho intramolecular Hbond substituents is 2. The highest BCUT2D eigenvalue weighted by Crippen LogP contribution is 2.54. The quantitative estimate of drug-likeness (QED) is 0.181. The number of nitrogens with two attached hydrogens (primary N) is 1. The molecule has 11 heteroatoms. The first-order valence-electron chi connectivity index (χ1n) is 14.4. The average Bonchev–Trinajstić information content (AvgIpc) is 2.95. The molecule has 0 radical (unpaired) electrons. The van der Waals surface area contributed by atoms with Crippen molar-refractivity contribution in [3.05, 3.63) is 62.7 Å². The normalized spacial score (nSPS) is 29.1. The Kier molecular flexibility index (Phi) is 8.18. The highest BCUT2D eigenvalue weighted by molar-refractivity contribution is 6.31. The zero-order valence-electron chi connectivity index (χ0n) is 24.9. The fourth-order valence-electron chi connectivity index (χ4n) is 6.61. The average molecular weight is 598 g/mol. The Hall–Kier alpha value is -3.32. The van der Waals surface area contributed by atoms with E-state index in [1.807, 2.05) is 13.8 Å². The van der Waals surface area contributed by atoms with Crippen LogP contribution in [0.4, 0.5) is 0 Å². The highest BCUT2D eigenvalue weighted by atomic mass is 16.7. The molecule has 0 spiro atoms. The van der Waals surface area contributed by atoms with Gasteiger partial charge in [-0.1, -0.05) is 31.6 Å². The number of fused-ring (bicyclic) bond motifs is 3. The van der Waals surface area contributed by atoms with Gasteiger partial charge in [0.05, 0.1) is 54.3 Å². The molecule has 0 aromatic heterocycles. The summed E-state index contributed by atoms with van der Waals surface area (Å²) in [6.07, 6.45) is -4.13. The molecule has 0 amide bonds. The van der Waals surface area contributed by atoms with Crippen LogP contribution >= 0.6 is 0 Å². The Bertz CT molecular complexity index is 1500. The van der Waals surface area contributed by atoms with Crippen LogP contribution in [0.5, 0.6) is 17.2 Å². The minimum absolute atomic E-state index is 0.00843. The van der Waals surface area contributed by atoms with Crippen LogP contribution in [0.15, 0.2) is 29.3 Å². The van der Waals surface area contributed by atoms with Crippen LogP contribution in [-0.4, -0.2) is 81.0 Å². The van der Waals surface area contributed by atoms with Crippen LogP contribution in [-0.2, 0) is 15.9 Å². The van der Waals surface area contributed by atoms with E-state index in [1.54, 1.807) is 19.9 Å². The molecule has 43 heavy (non-hydrogen) atoms. The number of allylic oxidation sites excluding steroid dienone is 1. The maximum absolute atomic E-state index is 13.9. The Labute approximate surface area is 249 Å². The summed E-state index contributed by atoms with van der Waals surface area (Å²) < 4.78 is 17.5. The molecular formula is C32H39NO10. The number of benzene rings is 2. The van der Waals surface area contributed by atoms with Crippen LogP contribution in [0, 0.1) is 5.92 Å². The Morgan fingerprint density at radius 1 is 1.14 bits per heavy atom. The fraction of sp³-hybridized carbons (Fsp3) is 0.500. The first kappa shape index (κ1) is 31.1. The van der Waals surface area contributed by atoms with E-state index in [9.17, 15) is 35.1 Å². The van der Waals surface area contributed by atoms with Crippen LogP contribution in [0.3, 0.4) is 0 Å². The molecule has 2 aromatic rings. The second-order valence-electron chi connectivity index (χ2n) is 12.1. The molecule has 0 unspecified atom stereocenters. The van der Waals surface area contributed by atoms with Gasteiger partial charge in [-0.25, -0.2) is 0 Å². The number of hydrogen-bond donors (Lipinski definition) is 6. The molecule has 0 saturated carbocycles. The molecule has 0 bridgehead atoms. The molecule has 11 nitrogen and oxygen atoms in total. The van der Waals surface area contributed by atoms with E-state index >= 15 is 0 Å². The summed E-state index contributed by atoms with van der Waals surface area (Å²) in [7, 11) is 1.36. The van der Waals surface area contributed by atoms with Gasteiger partial charge in [-0.15, -0.1) is 0 Å². The van der Waals surface area contributed by atoms with Crippen LogP contribution < -0.4 is 10.5 Å². The van der Waals surface area contributed by atoms with E-state index in [2.05, 4.69) is 0 Å². The number of aliphatic hydroxyl groups is 3. The van der Waals surface area contributed by atoms with Crippen molar-refractivity contribution < 1.29 is 49.3 Å². The summed E-state index contributed by atoms with van der Waals surface area (Å²) in [5, 5.41) is 56.3. The lowest BCUT2D eigenvalue weighted by Gasteiger charge is -2.44. The lowest BCUT2D eigenvalue weighted by atomic mass is 9.69. The van der Waals surface area contributed by atoms with Gasteiger partial charge in [0.1, 0.15) is 17.2 Å². The van der Waals surface area contributed by atoms with Crippen molar-refractivity contribution in [2.24, 2.45) is 11.7 Å². The number of methoxy groups -OCH3 is 1. The molecule has 1 saturated heterocycles. The van der Waals surface area contributed by atoms with Gasteiger partial charge in [0.25, 0.3) is 0 Å². The van der Waals surface area contributed by atoms with Crippen molar-refractivity contribution >= 4 is 11.6 Å². The third kappa shape index (κ3) is 4.94. The second kappa shape index (κ2) is 11.3. The predicted molar refractivity (Wildman–Crippen MR) is 154 cm³/mol. The molecule has 1 aliphatic heterocycles. The number of carbonyl (C=O) groups is 2. The Balaban J connectivity index is 1.73. The molecule has 7 N–H and O–H groups in total. The topological polar surface area (TPSA) is 189 Å². The summed E-state index contributed by atoms with van der Waals surface area (Å²) in [4.78, 5) is 27.6. The SMILES string of the molecule is COc1cccc2c1C(=O)c1c(O)c3c(c(O)c1C2=O)C[C@@](O)(/C(CO)=C(/C)C(C)C)C[C@@H]3O[C@H]1C[C@H](N)[C@@H](O)[C@H](C)O1. The summed E-state index contributed by atoms with van der Waals surface area (Å²) in [5.74, 6) is -2.42. The minimum Gasteiger partial charge on any atom is -0.507 e. The van der Waals surface area contributed by atoms with Crippen LogP contribution in [0.2, 0.25) is 0 Å². The first-order valence-corrected chi connectivity index (χ1v) is 14.4. The maximum Gasteiger partial charge on any atom is 0.202 e. The molecule has 5 rings (SSSR count). The monoisotopic (exact) mass is 597 g/mol. The third-order valence-corrected chi connectivity index (χ3v) is 9.20. The zero-order valence-corrected chi connectivity index (χ0v) is 24.9. The largest absolute Gasteiger partial charge is 0.507 e. The van der Waals surface area contributed by atoms with E-state index in [1.165, 1.54) is 19.2 Å². The molecule has 2 aromatic carbocycles. The van der Waals surface area contributed by atoms with Gasteiger partial charge in [0.15, 0.2) is 12.1 Å². The van der Waals surface area contributed by atoms with E-state index < -0.39 is 71.5 Å². The number of rotatable bonds is 6. The van der Waals surface area contributed by atoms with E-state index in [0.29, 0.717) is 5.57 Å². The van der Waals surface area contributed by atoms with Crippen molar-refractivity contribution in [2.75, 3.05) is 13.7 Å². The van der Waals surface area contributed by atoms with Crippen LogP contribution in [0.1, 0.15) is 89.6 Å². The maximum atomic E-state index is 13.9. The van der Waals surface area contributed by atoms with Crippen molar-refractivity contribution in [3.63, 3.8) is 0 Å². The molecule has 232 valence electrons. The minimum atomic E-state index is -1.76. The third-order valence-electron chi connectivity index (χ3n) is 9.20. The Morgan fingerprint density at radius 2 is 1.81 bits per heavy atom. The van der Waals surface area contributed by atoms with Crippen molar-refractivity contribution in [1.29, 1.82) is 0 Å². The van der Waals surface area contributed by atoms with Gasteiger partial charge in [-0.3, -0.25) is 9.59 Å². The lowest BCUT2D eigenvalue weighted by Crippen LogP contribution is -2.52. The number of aromatic hydroxyl groups is 2. The summed E-state index contributed by atoms with van der Waals surface area (Å²) in [6.45, 7) is 6.78.